The molecule has 33 heavy (non-hydrogen) atoms. The normalized spacial score (nSPS) is 58.3. The van der Waals surface area contributed by atoms with E-state index in [1.807, 2.05) is 0 Å². The van der Waals surface area contributed by atoms with Crippen molar-refractivity contribution >= 4 is 5.97 Å². The van der Waals surface area contributed by atoms with Gasteiger partial charge in [0.25, 0.3) is 0 Å². The van der Waals surface area contributed by atoms with Crippen LogP contribution in [-0.2, 0) is 9.53 Å². The van der Waals surface area contributed by atoms with Gasteiger partial charge in [0, 0.05) is 6.42 Å². The molecule has 0 aromatic rings. The summed E-state index contributed by atoms with van der Waals surface area (Å²) in [6.07, 6.45) is 12.3. The Labute approximate surface area is 200 Å². The van der Waals surface area contributed by atoms with Crippen LogP contribution in [0.5, 0.6) is 0 Å². The molecule has 11 atom stereocenters. The van der Waals surface area contributed by atoms with E-state index in [0.717, 1.165) is 18.8 Å². The molecule has 6 rings (SSSR count). The van der Waals surface area contributed by atoms with E-state index in [4.69, 9.17) is 4.74 Å². The van der Waals surface area contributed by atoms with Crippen LogP contribution in [0.1, 0.15) is 105 Å². The maximum Gasteiger partial charge on any atom is 0.303 e. The number of carbonyl (C=O) groups is 1. The van der Waals surface area contributed by atoms with Crippen LogP contribution in [-0.4, -0.2) is 34.5 Å². The molecular formula is C29H46O4. The maximum absolute atomic E-state index is 11.2. The highest BCUT2D eigenvalue weighted by Crippen LogP contribution is 2.89. The molecule has 0 bridgehead atoms. The molecule has 0 aromatic heterocycles. The van der Waals surface area contributed by atoms with E-state index in [-0.39, 0.29) is 24.0 Å². The van der Waals surface area contributed by atoms with Crippen molar-refractivity contribution in [1.29, 1.82) is 0 Å². The fraction of sp³-hybridized carbons (Fsp3) is 0.966. The largest absolute Gasteiger partial charge is 0.481 e. The van der Waals surface area contributed by atoms with E-state index in [9.17, 15) is 15.0 Å². The Morgan fingerprint density at radius 2 is 1.67 bits per heavy atom. The Balaban J connectivity index is 1.30. The van der Waals surface area contributed by atoms with Gasteiger partial charge in [-0.1, -0.05) is 34.6 Å². The van der Waals surface area contributed by atoms with Gasteiger partial charge >= 0.3 is 5.97 Å². The highest BCUT2D eigenvalue weighted by Gasteiger charge is 2.83. The predicted molar refractivity (Wildman–Crippen MR) is 128 cm³/mol. The van der Waals surface area contributed by atoms with Gasteiger partial charge in [-0.25, -0.2) is 0 Å². The average molecular weight is 459 g/mol. The summed E-state index contributed by atoms with van der Waals surface area (Å²) >= 11 is 0. The molecule has 1 saturated heterocycles. The van der Waals surface area contributed by atoms with Crippen LogP contribution in [0.25, 0.3) is 0 Å². The minimum atomic E-state index is -0.703. The fourth-order valence-corrected chi connectivity index (χ4v) is 11.9. The number of ether oxygens (including phenoxy) is 1. The van der Waals surface area contributed by atoms with Gasteiger partial charge < -0.3 is 14.9 Å². The molecule has 1 aliphatic heterocycles. The van der Waals surface area contributed by atoms with Gasteiger partial charge in [-0.3, -0.25) is 4.79 Å². The minimum Gasteiger partial charge on any atom is -0.481 e. The van der Waals surface area contributed by atoms with Crippen LogP contribution in [0.2, 0.25) is 0 Å². The van der Waals surface area contributed by atoms with Crippen LogP contribution in [0.15, 0.2) is 0 Å². The summed E-state index contributed by atoms with van der Waals surface area (Å²) in [4.78, 5) is 11.2. The first-order chi connectivity index (χ1) is 15.4. The zero-order chi connectivity index (χ0) is 23.6. The molecule has 0 radical (unpaired) electrons. The molecular weight excluding hydrogens is 412 g/mol. The molecule has 6 fully saturated rings. The zero-order valence-electron chi connectivity index (χ0n) is 21.5. The van der Waals surface area contributed by atoms with E-state index in [2.05, 4.69) is 34.6 Å². The molecule has 1 heterocycles. The van der Waals surface area contributed by atoms with Gasteiger partial charge in [0.05, 0.1) is 18.3 Å². The van der Waals surface area contributed by atoms with Crippen molar-refractivity contribution in [2.45, 2.75) is 124 Å². The van der Waals surface area contributed by atoms with E-state index in [0.29, 0.717) is 51.9 Å². The highest BCUT2D eigenvalue weighted by atomic mass is 16.5. The van der Waals surface area contributed by atoms with Gasteiger partial charge in [-0.05, 0) is 115 Å². The third kappa shape index (κ3) is 2.64. The monoisotopic (exact) mass is 458 g/mol. The number of aliphatic carboxylic acids is 1. The molecule has 186 valence electrons. The Morgan fingerprint density at radius 1 is 0.970 bits per heavy atom. The van der Waals surface area contributed by atoms with Crippen LogP contribution >= 0.6 is 0 Å². The predicted octanol–water partition coefficient (Wildman–Crippen LogP) is 6.05. The lowest BCUT2D eigenvalue weighted by atomic mass is 9.41. The van der Waals surface area contributed by atoms with Gasteiger partial charge in [0.2, 0.25) is 0 Å². The molecule has 5 saturated carbocycles. The van der Waals surface area contributed by atoms with Crippen molar-refractivity contribution < 1.29 is 19.7 Å². The van der Waals surface area contributed by atoms with Gasteiger partial charge in [0.15, 0.2) is 0 Å². The minimum absolute atomic E-state index is 0.0486. The first-order valence-corrected chi connectivity index (χ1v) is 14.0. The van der Waals surface area contributed by atoms with Crippen molar-refractivity contribution in [3.05, 3.63) is 0 Å². The second kappa shape index (κ2) is 6.78. The molecule has 0 amide bonds. The van der Waals surface area contributed by atoms with Gasteiger partial charge in [-0.15, -0.1) is 0 Å². The number of rotatable bonds is 3. The second-order valence-electron chi connectivity index (χ2n) is 14.6. The summed E-state index contributed by atoms with van der Waals surface area (Å²) in [6, 6.07) is 0. The lowest BCUT2D eigenvalue weighted by Crippen LogP contribution is -2.57. The third-order valence-electron chi connectivity index (χ3n) is 13.4. The van der Waals surface area contributed by atoms with E-state index < -0.39 is 5.97 Å². The van der Waals surface area contributed by atoms with Crippen LogP contribution in [0, 0.1) is 50.7 Å². The highest BCUT2D eigenvalue weighted by molar-refractivity contribution is 5.66. The molecule has 4 nitrogen and oxygen atoms in total. The molecule has 2 spiro atoms. The number of aliphatic hydroxyl groups excluding tert-OH is 1. The number of hydrogen-bond acceptors (Lipinski definition) is 3. The number of carboxylic acids is 1. The molecule has 4 heteroatoms. The molecule has 2 N–H and O–H groups in total. The molecule has 5 aliphatic carbocycles. The van der Waals surface area contributed by atoms with Crippen LogP contribution in [0.3, 0.4) is 0 Å². The average Bonchev–Trinajstić information content (AvgIpc) is 3.33. The Morgan fingerprint density at radius 3 is 2.39 bits per heavy atom. The van der Waals surface area contributed by atoms with Crippen molar-refractivity contribution in [3.63, 3.8) is 0 Å². The quantitative estimate of drug-likeness (QED) is 0.540. The molecule has 5 unspecified atom stereocenters. The Kier molecular flexibility index (Phi) is 4.69. The first-order valence-electron chi connectivity index (χ1n) is 14.0. The summed E-state index contributed by atoms with van der Waals surface area (Å²) in [6.45, 7) is 12.4. The summed E-state index contributed by atoms with van der Waals surface area (Å²) in [5, 5.41) is 20.1. The topological polar surface area (TPSA) is 66.8 Å². The summed E-state index contributed by atoms with van der Waals surface area (Å²) in [7, 11) is 0. The SMILES string of the molecule is C[C@@H]1CC(CCC(=O)O)OC2C[C@@]3(C)[C@@H]4CCC5C(C)(C)[C@@H](O)CCC56C[C@@]46CC[C@]3(C)C21. The Bertz CT molecular complexity index is 853. The third-order valence-corrected chi connectivity index (χ3v) is 13.4. The first kappa shape index (κ1) is 22.8. The van der Waals surface area contributed by atoms with E-state index in [1.165, 1.54) is 44.9 Å². The smallest absolute Gasteiger partial charge is 0.303 e. The van der Waals surface area contributed by atoms with Gasteiger partial charge in [0.1, 0.15) is 0 Å². The van der Waals surface area contributed by atoms with Crippen LogP contribution < -0.4 is 0 Å². The molecule has 6 aliphatic rings. The summed E-state index contributed by atoms with van der Waals surface area (Å²) in [5.74, 6) is 1.97. The van der Waals surface area contributed by atoms with Crippen molar-refractivity contribution in [2.24, 2.45) is 50.7 Å². The Hall–Kier alpha value is -0.610. The number of carboxylic acid groups (broad SMARTS) is 1. The fourth-order valence-electron chi connectivity index (χ4n) is 11.9. The van der Waals surface area contributed by atoms with Crippen LogP contribution in [0.4, 0.5) is 0 Å². The van der Waals surface area contributed by atoms with E-state index >= 15 is 0 Å². The summed E-state index contributed by atoms with van der Waals surface area (Å²) < 4.78 is 6.74. The van der Waals surface area contributed by atoms with Gasteiger partial charge in [-0.2, -0.15) is 0 Å². The number of hydrogen-bond donors (Lipinski definition) is 2. The number of aliphatic hydroxyl groups is 1. The maximum atomic E-state index is 11.2. The van der Waals surface area contributed by atoms with E-state index in [1.54, 1.807) is 0 Å². The second-order valence-corrected chi connectivity index (χ2v) is 14.6. The van der Waals surface area contributed by atoms with Crippen molar-refractivity contribution in [2.75, 3.05) is 0 Å². The lowest BCUT2D eigenvalue weighted by molar-refractivity contribution is -0.167. The zero-order valence-corrected chi connectivity index (χ0v) is 21.5. The van der Waals surface area contributed by atoms with Crippen molar-refractivity contribution in [3.8, 4) is 0 Å². The lowest BCUT2D eigenvalue weighted by Gasteiger charge is -2.63. The standard InChI is InChI=1S/C29H46O4/c1-17-14-18(6-9-23(31)32)33-19-15-27(5)21-8-7-20-25(2,3)22(30)10-11-28(20)16-29(21,28)13-12-26(27,4)24(17)19/h17-22,24,30H,6-16H2,1-5H3,(H,31,32)/t17-,18?,19?,20?,21+,22+,24?,26-,27+,28?,29+/m1/s1. The molecule has 0 aromatic carbocycles. The number of fused-ring (bicyclic) bond motifs is 4. The summed E-state index contributed by atoms with van der Waals surface area (Å²) in [5.41, 5.74) is 1.66. The van der Waals surface area contributed by atoms with Crippen molar-refractivity contribution in [1.82, 2.24) is 0 Å².